The van der Waals surface area contributed by atoms with Crippen LogP contribution < -0.4 is 10.0 Å². The fraction of sp³-hybridized carbons (Fsp3) is 0.632. The zero-order valence-corrected chi connectivity index (χ0v) is 16.5. The SMILES string of the molecule is CN1CC2(CCN2S(=O)(=O)NC(=O)Nc2c3c(cc4c2CCC4)CCC3)C1. The van der Waals surface area contributed by atoms with Crippen LogP contribution in [0, 0.1) is 0 Å². The average molecular weight is 391 g/mol. The van der Waals surface area contributed by atoms with Crippen molar-refractivity contribution in [3.05, 3.63) is 28.3 Å². The summed E-state index contributed by atoms with van der Waals surface area (Å²) >= 11 is 0. The molecule has 27 heavy (non-hydrogen) atoms. The first-order valence-electron chi connectivity index (χ1n) is 9.85. The highest BCUT2D eigenvalue weighted by Gasteiger charge is 2.57. The van der Waals surface area contributed by atoms with Gasteiger partial charge in [0, 0.05) is 25.3 Å². The number of likely N-dealkylation sites (N-methyl/N-ethyl adjacent to an activating group) is 1. The Kier molecular flexibility index (Phi) is 3.83. The molecule has 2 saturated heterocycles. The summed E-state index contributed by atoms with van der Waals surface area (Å²) in [7, 11) is -1.84. The van der Waals surface area contributed by atoms with Gasteiger partial charge in [0.05, 0.1) is 5.54 Å². The summed E-state index contributed by atoms with van der Waals surface area (Å²) in [5.41, 5.74) is 5.58. The molecule has 5 rings (SSSR count). The van der Waals surface area contributed by atoms with E-state index in [2.05, 4.69) is 21.0 Å². The van der Waals surface area contributed by atoms with Crippen LogP contribution in [0.5, 0.6) is 0 Å². The van der Waals surface area contributed by atoms with Crippen LogP contribution in [-0.2, 0) is 35.9 Å². The molecule has 146 valence electrons. The minimum atomic E-state index is -3.82. The third-order valence-corrected chi connectivity index (χ3v) is 8.25. The van der Waals surface area contributed by atoms with Crippen LogP contribution in [0.3, 0.4) is 0 Å². The number of carbonyl (C=O) groups is 1. The van der Waals surface area contributed by atoms with Crippen molar-refractivity contribution in [2.75, 3.05) is 32.0 Å². The minimum absolute atomic E-state index is 0.309. The van der Waals surface area contributed by atoms with Gasteiger partial charge in [-0.1, -0.05) is 6.07 Å². The number of hydrogen-bond acceptors (Lipinski definition) is 4. The second-order valence-electron chi connectivity index (χ2n) is 8.51. The number of hydrogen-bond donors (Lipinski definition) is 2. The molecule has 2 fully saturated rings. The van der Waals surface area contributed by atoms with Gasteiger partial charge < -0.3 is 10.2 Å². The number of rotatable bonds is 3. The van der Waals surface area contributed by atoms with Gasteiger partial charge in [0.1, 0.15) is 0 Å². The maximum atomic E-state index is 12.7. The maximum absolute atomic E-state index is 12.7. The quantitative estimate of drug-likeness (QED) is 0.818. The van der Waals surface area contributed by atoms with E-state index in [0.717, 1.165) is 63.7 Å². The Morgan fingerprint density at radius 2 is 1.70 bits per heavy atom. The number of nitrogens with one attached hydrogen (secondary N) is 2. The third-order valence-electron chi connectivity index (χ3n) is 6.66. The molecule has 1 aromatic carbocycles. The first kappa shape index (κ1) is 17.5. The summed E-state index contributed by atoms with van der Waals surface area (Å²) in [5.74, 6) is 0. The molecule has 8 heteroatoms. The van der Waals surface area contributed by atoms with E-state index in [1.807, 2.05) is 7.05 Å². The Hall–Kier alpha value is -1.64. The Morgan fingerprint density at radius 3 is 2.22 bits per heavy atom. The van der Waals surface area contributed by atoms with Gasteiger partial charge >= 0.3 is 16.2 Å². The van der Waals surface area contributed by atoms with E-state index < -0.39 is 16.2 Å². The highest BCUT2D eigenvalue weighted by Crippen LogP contribution is 2.40. The highest BCUT2D eigenvalue weighted by molar-refractivity contribution is 7.87. The number of urea groups is 1. The molecule has 0 bridgehead atoms. The molecule has 0 saturated carbocycles. The van der Waals surface area contributed by atoms with Gasteiger partial charge in [0.15, 0.2) is 0 Å². The molecule has 4 aliphatic rings. The lowest BCUT2D eigenvalue weighted by molar-refractivity contribution is -0.0603. The van der Waals surface area contributed by atoms with Crippen LogP contribution in [0.2, 0.25) is 0 Å². The van der Waals surface area contributed by atoms with Crippen molar-refractivity contribution >= 4 is 21.9 Å². The first-order chi connectivity index (χ1) is 12.9. The molecule has 0 unspecified atom stereocenters. The van der Waals surface area contributed by atoms with E-state index in [1.165, 1.54) is 26.6 Å². The second kappa shape index (κ2) is 5.93. The van der Waals surface area contributed by atoms with Crippen LogP contribution in [0.4, 0.5) is 10.5 Å². The molecule has 1 spiro atoms. The van der Waals surface area contributed by atoms with Crippen molar-refractivity contribution < 1.29 is 13.2 Å². The Bertz CT molecular complexity index is 889. The maximum Gasteiger partial charge on any atom is 0.333 e. The van der Waals surface area contributed by atoms with Gasteiger partial charge in [-0.15, -0.1) is 0 Å². The first-order valence-corrected chi connectivity index (χ1v) is 11.3. The van der Waals surface area contributed by atoms with E-state index >= 15 is 0 Å². The van der Waals surface area contributed by atoms with Crippen LogP contribution >= 0.6 is 0 Å². The number of nitrogens with zero attached hydrogens (tertiary/aromatic N) is 2. The third kappa shape index (κ3) is 2.68. The van der Waals surface area contributed by atoms with Gasteiger partial charge in [-0.3, -0.25) is 0 Å². The fourth-order valence-electron chi connectivity index (χ4n) is 5.45. The Balaban J connectivity index is 1.35. The predicted octanol–water partition coefficient (Wildman–Crippen LogP) is 1.42. The molecule has 0 radical (unpaired) electrons. The normalized spacial score (nSPS) is 23.4. The Labute approximate surface area is 160 Å². The smallest absolute Gasteiger partial charge is 0.307 e. The molecule has 1 aromatic rings. The molecule has 2 aliphatic carbocycles. The lowest BCUT2D eigenvalue weighted by Gasteiger charge is -2.60. The zero-order chi connectivity index (χ0) is 18.8. The van der Waals surface area contributed by atoms with Crippen molar-refractivity contribution in [2.24, 2.45) is 0 Å². The highest BCUT2D eigenvalue weighted by atomic mass is 32.2. The molecule has 2 amide bonds. The van der Waals surface area contributed by atoms with E-state index in [1.54, 1.807) is 0 Å². The molecular formula is C19H26N4O3S. The van der Waals surface area contributed by atoms with E-state index in [4.69, 9.17) is 0 Å². The molecule has 2 N–H and O–H groups in total. The van der Waals surface area contributed by atoms with E-state index in [0.29, 0.717) is 6.54 Å². The summed E-state index contributed by atoms with van der Waals surface area (Å²) in [6.45, 7) is 1.94. The van der Waals surface area contributed by atoms with Crippen LogP contribution in [0.25, 0.3) is 0 Å². The average Bonchev–Trinajstić information content (AvgIpc) is 3.17. The van der Waals surface area contributed by atoms with Crippen LogP contribution in [-0.4, -0.2) is 55.9 Å². The number of amides is 2. The standard InChI is InChI=1S/C19H26N4O3S/c1-22-11-19(12-22)8-9-23(19)27(25,26)21-18(24)20-17-15-6-2-4-13(15)10-14-5-3-7-16(14)17/h10H,2-9,11-12H2,1H3,(H2,20,21,24). The van der Waals surface area contributed by atoms with Gasteiger partial charge in [-0.2, -0.15) is 12.7 Å². The van der Waals surface area contributed by atoms with Crippen molar-refractivity contribution in [1.82, 2.24) is 13.9 Å². The minimum Gasteiger partial charge on any atom is -0.307 e. The van der Waals surface area contributed by atoms with Crippen LogP contribution in [0.1, 0.15) is 41.5 Å². The fourth-order valence-corrected chi connectivity index (χ4v) is 6.89. The summed E-state index contributed by atoms with van der Waals surface area (Å²) < 4.78 is 29.2. The lowest BCUT2D eigenvalue weighted by Crippen LogP contribution is -2.78. The number of carbonyl (C=O) groups excluding carboxylic acids is 1. The lowest BCUT2D eigenvalue weighted by atomic mass is 9.81. The van der Waals surface area contributed by atoms with Gasteiger partial charge in [-0.05, 0) is 74.2 Å². The van der Waals surface area contributed by atoms with E-state index in [9.17, 15) is 13.2 Å². The summed E-state index contributed by atoms with van der Waals surface area (Å²) in [5, 5.41) is 2.91. The van der Waals surface area contributed by atoms with Crippen molar-refractivity contribution in [1.29, 1.82) is 0 Å². The number of fused-ring (bicyclic) bond motifs is 2. The topological polar surface area (TPSA) is 81.8 Å². The van der Waals surface area contributed by atoms with Gasteiger partial charge in [0.2, 0.25) is 0 Å². The van der Waals surface area contributed by atoms with Gasteiger partial charge in [0.25, 0.3) is 0 Å². The zero-order valence-electron chi connectivity index (χ0n) is 15.7. The second-order valence-corrected chi connectivity index (χ2v) is 10.1. The molecule has 0 aromatic heterocycles. The summed E-state index contributed by atoms with van der Waals surface area (Å²) in [6, 6.07) is 1.65. The van der Waals surface area contributed by atoms with Gasteiger partial charge in [-0.25, -0.2) is 9.52 Å². The molecule has 7 nitrogen and oxygen atoms in total. The number of benzene rings is 1. The molecule has 2 heterocycles. The predicted molar refractivity (Wildman–Crippen MR) is 103 cm³/mol. The van der Waals surface area contributed by atoms with Crippen molar-refractivity contribution in [3.8, 4) is 0 Å². The molecule has 0 atom stereocenters. The summed E-state index contributed by atoms with van der Waals surface area (Å²) in [6.07, 6.45) is 7.04. The van der Waals surface area contributed by atoms with E-state index in [-0.39, 0.29) is 5.54 Å². The molecule has 2 aliphatic heterocycles. The van der Waals surface area contributed by atoms with Crippen LogP contribution in [0.15, 0.2) is 6.07 Å². The van der Waals surface area contributed by atoms with Crippen molar-refractivity contribution in [3.63, 3.8) is 0 Å². The Morgan fingerprint density at radius 1 is 1.07 bits per heavy atom. The monoisotopic (exact) mass is 390 g/mol. The van der Waals surface area contributed by atoms with Crippen molar-refractivity contribution in [2.45, 2.75) is 50.5 Å². The number of anilines is 1. The largest absolute Gasteiger partial charge is 0.333 e. The number of likely N-dealkylation sites (tertiary alicyclic amines) is 1. The number of aryl methyl sites for hydroxylation is 2. The summed E-state index contributed by atoms with van der Waals surface area (Å²) in [4.78, 5) is 14.7. The molecular weight excluding hydrogens is 364 g/mol.